The van der Waals surface area contributed by atoms with Gasteiger partial charge in [0.15, 0.2) is 12.3 Å². The lowest BCUT2D eigenvalue weighted by Gasteiger charge is -2.04. The molecule has 0 aliphatic carbocycles. The number of aryl methyl sites for hydroxylation is 1. The third-order valence-electron chi connectivity index (χ3n) is 2.93. The normalized spacial score (nSPS) is 10.5. The van der Waals surface area contributed by atoms with Gasteiger partial charge >= 0.3 is 5.97 Å². The number of aromatic nitrogens is 3. The number of ether oxygens (including phenoxy) is 2. The first-order valence-electron chi connectivity index (χ1n) is 6.72. The maximum atomic E-state index is 11.3. The third-order valence-corrected chi connectivity index (χ3v) is 2.93. The van der Waals surface area contributed by atoms with Crippen LogP contribution in [0.25, 0.3) is 11.4 Å². The van der Waals surface area contributed by atoms with Gasteiger partial charge in [0.2, 0.25) is 17.6 Å². The number of carbonyl (C=O) groups excluding carboxylic acids is 1. The summed E-state index contributed by atoms with van der Waals surface area (Å²) in [6.45, 7) is 1.80. The molecule has 8 heteroatoms. The van der Waals surface area contributed by atoms with Crippen molar-refractivity contribution in [1.82, 2.24) is 15.1 Å². The molecular weight excluding hydrogens is 302 g/mol. The molecule has 2 aromatic heterocycles. The Morgan fingerprint density at radius 2 is 2.17 bits per heavy atom. The van der Waals surface area contributed by atoms with Crippen molar-refractivity contribution in [2.75, 3.05) is 7.11 Å². The lowest BCUT2D eigenvalue weighted by Crippen LogP contribution is -2.02. The quantitative estimate of drug-likeness (QED) is 0.662. The number of methoxy groups -OCH3 is 1. The predicted molar refractivity (Wildman–Crippen MR) is 76.6 cm³/mol. The summed E-state index contributed by atoms with van der Waals surface area (Å²) in [5.74, 6) is 1.27. The monoisotopic (exact) mass is 315 g/mol. The molecule has 0 bridgehead atoms. The van der Waals surface area contributed by atoms with Crippen molar-refractivity contribution in [3.05, 3.63) is 48.0 Å². The topological polar surface area (TPSA) is 100 Å². The molecule has 8 nitrogen and oxygen atoms in total. The number of nitrogens with zero attached hydrogens (tertiary/aromatic N) is 3. The van der Waals surface area contributed by atoms with Crippen LogP contribution < -0.4 is 4.74 Å². The second-order valence-electron chi connectivity index (χ2n) is 4.57. The van der Waals surface area contributed by atoms with Crippen LogP contribution in [0.4, 0.5) is 0 Å². The van der Waals surface area contributed by atoms with Gasteiger partial charge in [0, 0.05) is 12.5 Å². The van der Waals surface area contributed by atoms with Crippen LogP contribution in [0.1, 0.15) is 22.3 Å². The van der Waals surface area contributed by atoms with E-state index in [1.54, 1.807) is 19.1 Å². The Bertz CT molecular complexity index is 824. The van der Waals surface area contributed by atoms with Gasteiger partial charge in [-0.1, -0.05) is 17.3 Å². The van der Waals surface area contributed by atoms with Crippen LogP contribution in [-0.4, -0.2) is 28.2 Å². The zero-order valence-electron chi connectivity index (χ0n) is 12.5. The molecule has 23 heavy (non-hydrogen) atoms. The number of oxazole rings is 1. The summed E-state index contributed by atoms with van der Waals surface area (Å²) < 4.78 is 20.3. The number of rotatable bonds is 5. The molecule has 3 rings (SSSR count). The summed E-state index contributed by atoms with van der Waals surface area (Å²) in [7, 11) is 1.28. The van der Waals surface area contributed by atoms with Crippen molar-refractivity contribution in [2.45, 2.75) is 13.5 Å². The number of hydrogen-bond acceptors (Lipinski definition) is 8. The van der Waals surface area contributed by atoms with E-state index in [0.717, 1.165) is 5.56 Å². The minimum Gasteiger partial charge on any atom is -0.484 e. The zero-order chi connectivity index (χ0) is 16.2. The van der Waals surface area contributed by atoms with E-state index in [0.29, 0.717) is 17.5 Å². The largest absolute Gasteiger partial charge is 0.484 e. The van der Waals surface area contributed by atoms with Crippen LogP contribution in [0, 0.1) is 6.92 Å². The molecule has 0 saturated carbocycles. The van der Waals surface area contributed by atoms with Gasteiger partial charge in [-0.25, -0.2) is 9.78 Å². The number of esters is 1. The Hall–Kier alpha value is -3.16. The van der Waals surface area contributed by atoms with Crippen LogP contribution in [-0.2, 0) is 11.3 Å². The Balaban J connectivity index is 1.69. The minimum atomic E-state index is -0.561. The fourth-order valence-corrected chi connectivity index (χ4v) is 1.86. The molecule has 3 aromatic rings. The highest BCUT2D eigenvalue weighted by Gasteiger charge is 2.13. The van der Waals surface area contributed by atoms with E-state index in [4.69, 9.17) is 13.7 Å². The van der Waals surface area contributed by atoms with E-state index in [9.17, 15) is 4.79 Å². The molecule has 0 aliphatic rings. The number of carbonyl (C=O) groups is 1. The Morgan fingerprint density at radius 1 is 1.30 bits per heavy atom. The molecule has 0 unspecified atom stereocenters. The molecule has 0 amide bonds. The van der Waals surface area contributed by atoms with Gasteiger partial charge in [0.25, 0.3) is 0 Å². The van der Waals surface area contributed by atoms with Gasteiger partial charge in [-0.05, 0) is 12.1 Å². The summed E-state index contributed by atoms with van der Waals surface area (Å²) in [6.07, 6.45) is 1.23. The fraction of sp³-hybridized carbons (Fsp3) is 0.200. The lowest BCUT2D eigenvalue weighted by molar-refractivity contribution is 0.0594. The number of hydrogen-bond donors (Lipinski definition) is 0. The van der Waals surface area contributed by atoms with Gasteiger partial charge in [-0.3, -0.25) is 0 Å². The summed E-state index contributed by atoms with van der Waals surface area (Å²) in [5, 5.41) is 3.85. The maximum absolute atomic E-state index is 11.3. The highest BCUT2D eigenvalue weighted by molar-refractivity contribution is 5.86. The van der Waals surface area contributed by atoms with Gasteiger partial charge in [0.1, 0.15) is 12.0 Å². The maximum Gasteiger partial charge on any atom is 0.360 e. The lowest BCUT2D eigenvalue weighted by atomic mass is 10.2. The summed E-state index contributed by atoms with van der Waals surface area (Å²) in [5.41, 5.74) is 0.865. The van der Waals surface area contributed by atoms with Crippen molar-refractivity contribution in [3.63, 3.8) is 0 Å². The van der Waals surface area contributed by atoms with Gasteiger partial charge in [0.05, 0.1) is 7.11 Å². The Kier molecular flexibility index (Phi) is 4.05. The highest BCUT2D eigenvalue weighted by Crippen LogP contribution is 2.22. The highest BCUT2D eigenvalue weighted by atomic mass is 16.5. The first kappa shape index (κ1) is 14.8. The molecule has 1 aromatic carbocycles. The first-order valence-corrected chi connectivity index (χ1v) is 6.72. The van der Waals surface area contributed by atoms with E-state index >= 15 is 0 Å². The summed E-state index contributed by atoms with van der Waals surface area (Å²) in [4.78, 5) is 19.4. The molecule has 2 heterocycles. The molecule has 0 radical (unpaired) electrons. The zero-order valence-corrected chi connectivity index (χ0v) is 12.5. The SMILES string of the molecule is COC(=O)c1coc(COc2cccc(-c3noc(C)n3)c2)n1. The van der Waals surface area contributed by atoms with Crippen molar-refractivity contribution >= 4 is 5.97 Å². The van der Waals surface area contributed by atoms with E-state index in [1.807, 2.05) is 12.1 Å². The minimum absolute atomic E-state index is 0.0751. The van der Waals surface area contributed by atoms with Crippen molar-refractivity contribution in [1.29, 1.82) is 0 Å². The summed E-state index contributed by atoms with van der Waals surface area (Å²) in [6, 6.07) is 7.21. The second kappa shape index (κ2) is 6.30. The molecule has 0 aliphatic heterocycles. The number of benzene rings is 1. The fourth-order valence-electron chi connectivity index (χ4n) is 1.86. The summed E-state index contributed by atoms with van der Waals surface area (Å²) >= 11 is 0. The van der Waals surface area contributed by atoms with Crippen LogP contribution in [0.5, 0.6) is 5.75 Å². The average Bonchev–Trinajstić information content (AvgIpc) is 3.21. The van der Waals surface area contributed by atoms with E-state index in [-0.39, 0.29) is 18.2 Å². The van der Waals surface area contributed by atoms with Gasteiger partial charge < -0.3 is 18.4 Å². The molecule has 0 atom stereocenters. The van der Waals surface area contributed by atoms with E-state index in [1.165, 1.54) is 13.4 Å². The molecule has 0 saturated heterocycles. The molecular formula is C15H13N3O5. The van der Waals surface area contributed by atoms with Gasteiger partial charge in [-0.2, -0.15) is 4.98 Å². The van der Waals surface area contributed by atoms with Crippen LogP contribution in [0.2, 0.25) is 0 Å². The molecule has 0 spiro atoms. The van der Waals surface area contributed by atoms with E-state index < -0.39 is 5.97 Å². The van der Waals surface area contributed by atoms with Crippen molar-refractivity contribution < 1.29 is 23.2 Å². The van der Waals surface area contributed by atoms with E-state index in [2.05, 4.69) is 19.9 Å². The first-order chi connectivity index (χ1) is 11.2. The second-order valence-corrected chi connectivity index (χ2v) is 4.57. The van der Waals surface area contributed by atoms with Crippen molar-refractivity contribution in [3.8, 4) is 17.1 Å². The molecule has 0 fully saturated rings. The van der Waals surface area contributed by atoms with Crippen LogP contribution in [0.15, 0.2) is 39.5 Å². The van der Waals surface area contributed by atoms with Crippen LogP contribution >= 0.6 is 0 Å². The Morgan fingerprint density at radius 3 is 2.91 bits per heavy atom. The van der Waals surface area contributed by atoms with Gasteiger partial charge in [-0.15, -0.1) is 0 Å². The molecule has 118 valence electrons. The smallest absolute Gasteiger partial charge is 0.360 e. The predicted octanol–water partition coefficient (Wildman–Crippen LogP) is 2.40. The standard InChI is InChI=1S/C15H13N3O5/c1-9-16-14(18-23-9)10-4-3-5-11(6-10)21-8-13-17-12(7-22-13)15(19)20-2/h3-7H,8H2,1-2H3. The van der Waals surface area contributed by atoms with Crippen molar-refractivity contribution in [2.24, 2.45) is 0 Å². The average molecular weight is 315 g/mol. The third kappa shape index (κ3) is 3.37. The Labute approximate surface area is 131 Å². The van der Waals surface area contributed by atoms with Crippen LogP contribution in [0.3, 0.4) is 0 Å². The molecule has 0 N–H and O–H groups in total.